The summed E-state index contributed by atoms with van der Waals surface area (Å²) in [5.74, 6) is 0. The molecule has 0 nitrogen and oxygen atoms in total. The predicted molar refractivity (Wildman–Crippen MR) is 40.3 cm³/mol. The maximum Gasteiger partial charge on any atom is 0.417 e. The molecule has 0 aromatic heterocycles. The van der Waals surface area contributed by atoms with Gasteiger partial charge < -0.3 is 0 Å². The first-order chi connectivity index (χ1) is 7.82. The monoisotopic (exact) mass is 281 g/mol. The molecule has 101 valence electrons. The standard InChI is InChI=1S/C9H2F9/c10-7(11,12)4-1-5(8(13,14)15)3-6(2-4)9(16,17)18/h1-2H. The minimum absolute atomic E-state index is 0.421. The highest BCUT2D eigenvalue weighted by Gasteiger charge is 2.41. The number of halogens is 9. The number of rotatable bonds is 0. The van der Waals surface area contributed by atoms with E-state index in [0.717, 1.165) is 6.07 Å². The third kappa shape index (κ3) is 3.30. The highest BCUT2D eigenvalue weighted by molar-refractivity contribution is 5.33. The number of hydrogen-bond acceptors (Lipinski definition) is 0. The lowest BCUT2D eigenvalue weighted by molar-refractivity contribution is -0.148. The Kier molecular flexibility index (Phi) is 3.30. The topological polar surface area (TPSA) is 0 Å². The fourth-order valence-corrected chi connectivity index (χ4v) is 1.04. The molecule has 0 aliphatic rings. The molecule has 1 aromatic rings. The summed E-state index contributed by atoms with van der Waals surface area (Å²) >= 11 is 0. The molecule has 0 bridgehead atoms. The molecule has 0 saturated carbocycles. The molecule has 1 rings (SSSR count). The van der Waals surface area contributed by atoms with E-state index in [1.165, 1.54) is 0 Å². The Balaban J connectivity index is 3.49. The zero-order valence-corrected chi connectivity index (χ0v) is 8.06. The van der Waals surface area contributed by atoms with Crippen LogP contribution in [0, 0.1) is 6.07 Å². The maximum atomic E-state index is 12.2. The molecule has 0 N–H and O–H groups in total. The molecule has 1 aromatic carbocycles. The van der Waals surface area contributed by atoms with Crippen molar-refractivity contribution >= 4 is 0 Å². The zero-order chi connectivity index (χ0) is 14.4. The van der Waals surface area contributed by atoms with Gasteiger partial charge in [-0.2, -0.15) is 39.5 Å². The highest BCUT2D eigenvalue weighted by atomic mass is 19.4. The van der Waals surface area contributed by atoms with Crippen molar-refractivity contribution in [3.8, 4) is 0 Å². The van der Waals surface area contributed by atoms with Gasteiger partial charge in [0, 0.05) is 6.07 Å². The van der Waals surface area contributed by atoms with Crippen molar-refractivity contribution in [3.05, 3.63) is 34.9 Å². The summed E-state index contributed by atoms with van der Waals surface area (Å²) in [4.78, 5) is 0. The number of hydrogen-bond donors (Lipinski definition) is 0. The largest absolute Gasteiger partial charge is 0.417 e. The van der Waals surface area contributed by atoms with Gasteiger partial charge in [0.25, 0.3) is 0 Å². The van der Waals surface area contributed by atoms with Gasteiger partial charge in [-0.15, -0.1) is 0 Å². The number of alkyl halides is 9. The molecular weight excluding hydrogens is 279 g/mol. The van der Waals surface area contributed by atoms with Gasteiger partial charge in [0.1, 0.15) is 0 Å². The molecular formula is C9H2F9. The Hall–Kier alpha value is -1.41. The van der Waals surface area contributed by atoms with Crippen LogP contribution in [0.25, 0.3) is 0 Å². The average Bonchev–Trinajstić information content (AvgIpc) is 2.13. The molecule has 0 aliphatic heterocycles. The summed E-state index contributed by atoms with van der Waals surface area (Å²) in [6.45, 7) is 0. The first kappa shape index (κ1) is 14.7. The van der Waals surface area contributed by atoms with E-state index in [1.807, 2.05) is 0 Å². The minimum atomic E-state index is -5.35. The quantitative estimate of drug-likeness (QED) is 0.612. The van der Waals surface area contributed by atoms with Gasteiger partial charge in [-0.1, -0.05) is 0 Å². The van der Waals surface area contributed by atoms with Crippen LogP contribution in [0.5, 0.6) is 0 Å². The average molecular weight is 281 g/mol. The summed E-state index contributed by atoms with van der Waals surface area (Å²) in [6.07, 6.45) is -16.0. The zero-order valence-electron chi connectivity index (χ0n) is 8.06. The van der Waals surface area contributed by atoms with Crippen LogP contribution in [-0.2, 0) is 18.5 Å². The normalized spacial score (nSPS) is 13.8. The molecule has 0 atom stereocenters. The van der Waals surface area contributed by atoms with Crippen molar-refractivity contribution in [2.45, 2.75) is 18.5 Å². The first-order valence-electron chi connectivity index (χ1n) is 4.11. The van der Waals surface area contributed by atoms with Crippen LogP contribution in [0.1, 0.15) is 16.7 Å². The Morgan fingerprint density at radius 3 is 1.17 bits per heavy atom. The summed E-state index contributed by atoms with van der Waals surface area (Å²) in [7, 11) is 0. The van der Waals surface area contributed by atoms with E-state index in [4.69, 9.17) is 0 Å². The van der Waals surface area contributed by atoms with Crippen LogP contribution in [0.4, 0.5) is 39.5 Å². The lowest BCUT2D eigenvalue weighted by atomic mass is 10.0. The van der Waals surface area contributed by atoms with Crippen molar-refractivity contribution in [1.29, 1.82) is 0 Å². The van der Waals surface area contributed by atoms with Crippen molar-refractivity contribution < 1.29 is 39.5 Å². The maximum absolute atomic E-state index is 12.2. The minimum Gasteiger partial charge on any atom is -0.166 e. The van der Waals surface area contributed by atoms with E-state index in [2.05, 4.69) is 0 Å². The summed E-state index contributed by atoms with van der Waals surface area (Å²) in [5.41, 5.74) is -6.27. The second-order valence-corrected chi connectivity index (χ2v) is 3.19. The fraction of sp³-hybridized carbons (Fsp3) is 0.333. The van der Waals surface area contributed by atoms with E-state index in [-0.39, 0.29) is 0 Å². The van der Waals surface area contributed by atoms with Crippen LogP contribution in [0.3, 0.4) is 0 Å². The SMILES string of the molecule is FC(F)(F)c1[c]c(C(F)(F)F)cc(C(F)(F)F)c1. The molecule has 1 radical (unpaired) electrons. The van der Waals surface area contributed by atoms with E-state index in [1.54, 1.807) is 0 Å². The van der Waals surface area contributed by atoms with E-state index >= 15 is 0 Å². The lowest BCUT2D eigenvalue weighted by Gasteiger charge is -2.15. The lowest BCUT2D eigenvalue weighted by Crippen LogP contribution is -2.15. The Morgan fingerprint density at radius 2 is 0.944 bits per heavy atom. The molecule has 18 heavy (non-hydrogen) atoms. The molecule has 0 unspecified atom stereocenters. The van der Waals surface area contributed by atoms with Crippen molar-refractivity contribution in [3.63, 3.8) is 0 Å². The van der Waals surface area contributed by atoms with Gasteiger partial charge in [0.05, 0.1) is 16.7 Å². The fourth-order valence-electron chi connectivity index (χ4n) is 1.04. The molecule has 0 fully saturated rings. The van der Waals surface area contributed by atoms with E-state index in [9.17, 15) is 39.5 Å². The van der Waals surface area contributed by atoms with Crippen LogP contribution < -0.4 is 0 Å². The molecule has 0 aliphatic carbocycles. The van der Waals surface area contributed by atoms with Gasteiger partial charge >= 0.3 is 18.5 Å². The van der Waals surface area contributed by atoms with Crippen LogP contribution in [0.2, 0.25) is 0 Å². The van der Waals surface area contributed by atoms with Crippen LogP contribution in [-0.4, -0.2) is 0 Å². The van der Waals surface area contributed by atoms with E-state index < -0.39 is 47.4 Å². The van der Waals surface area contributed by atoms with Crippen molar-refractivity contribution in [1.82, 2.24) is 0 Å². The first-order valence-corrected chi connectivity index (χ1v) is 4.11. The summed E-state index contributed by atoms with van der Waals surface area (Å²) < 4.78 is 109. The molecule has 0 heterocycles. The highest BCUT2D eigenvalue weighted by Crippen LogP contribution is 2.39. The van der Waals surface area contributed by atoms with Crippen LogP contribution >= 0.6 is 0 Å². The Bertz CT molecular complexity index is 356. The summed E-state index contributed by atoms with van der Waals surface area (Å²) in [5, 5.41) is 0. The molecule has 0 spiro atoms. The van der Waals surface area contributed by atoms with Gasteiger partial charge in [-0.05, 0) is 12.1 Å². The third-order valence-corrected chi connectivity index (χ3v) is 1.81. The molecule has 0 amide bonds. The van der Waals surface area contributed by atoms with Crippen molar-refractivity contribution in [2.24, 2.45) is 0 Å². The second kappa shape index (κ2) is 4.06. The van der Waals surface area contributed by atoms with Crippen LogP contribution in [0.15, 0.2) is 12.1 Å². The van der Waals surface area contributed by atoms with Gasteiger partial charge in [0.2, 0.25) is 0 Å². The predicted octanol–water partition coefficient (Wildman–Crippen LogP) is 4.54. The van der Waals surface area contributed by atoms with Gasteiger partial charge in [0.15, 0.2) is 0 Å². The molecule has 9 heteroatoms. The van der Waals surface area contributed by atoms with Crippen molar-refractivity contribution in [2.75, 3.05) is 0 Å². The Morgan fingerprint density at radius 1 is 0.611 bits per heavy atom. The number of benzene rings is 1. The Labute approximate surface area is 94.0 Å². The van der Waals surface area contributed by atoms with E-state index in [0.29, 0.717) is 0 Å². The smallest absolute Gasteiger partial charge is 0.166 e. The second-order valence-electron chi connectivity index (χ2n) is 3.19. The van der Waals surface area contributed by atoms with Gasteiger partial charge in [-0.3, -0.25) is 0 Å². The molecule has 0 saturated heterocycles. The van der Waals surface area contributed by atoms with Gasteiger partial charge in [-0.25, -0.2) is 0 Å². The third-order valence-electron chi connectivity index (χ3n) is 1.81. The summed E-state index contributed by atoms with van der Waals surface area (Å²) in [6, 6.07) is 0.0440.